The zero-order valence-electron chi connectivity index (χ0n) is 11.0. The molecule has 1 aliphatic heterocycles. The highest BCUT2D eigenvalue weighted by atomic mass is 16.7. The molecule has 1 aliphatic rings. The molecule has 3 nitrogen and oxygen atoms in total. The van der Waals surface area contributed by atoms with Gasteiger partial charge in [0, 0.05) is 13.0 Å². The first-order valence-electron chi connectivity index (χ1n) is 6.68. The van der Waals surface area contributed by atoms with E-state index in [9.17, 15) is 5.26 Å². The molecule has 0 saturated carbocycles. The van der Waals surface area contributed by atoms with Gasteiger partial charge < -0.3 is 9.47 Å². The number of rotatable bonds is 5. The monoisotopic (exact) mass is 257 g/mol. The minimum Gasteiger partial charge on any atom is -0.353 e. The van der Waals surface area contributed by atoms with Crippen LogP contribution < -0.4 is 0 Å². The van der Waals surface area contributed by atoms with Crippen LogP contribution in [0.2, 0.25) is 0 Å². The van der Waals surface area contributed by atoms with Gasteiger partial charge in [0.25, 0.3) is 0 Å². The number of benzene rings is 1. The van der Waals surface area contributed by atoms with Gasteiger partial charge >= 0.3 is 0 Å². The summed E-state index contributed by atoms with van der Waals surface area (Å²) in [5.41, 5.74) is -0.142. The molecule has 0 aliphatic carbocycles. The van der Waals surface area contributed by atoms with Gasteiger partial charge in [-0.3, -0.25) is 0 Å². The smallest absolute Gasteiger partial charge is 0.186 e. The van der Waals surface area contributed by atoms with E-state index in [2.05, 4.69) is 12.6 Å². The van der Waals surface area contributed by atoms with Gasteiger partial charge in [-0.05, 0) is 24.8 Å². The topological polar surface area (TPSA) is 42.2 Å². The van der Waals surface area contributed by atoms with Gasteiger partial charge in [0.1, 0.15) is 6.07 Å². The summed E-state index contributed by atoms with van der Waals surface area (Å²) in [5.74, 6) is 0. The highest BCUT2D eigenvalue weighted by molar-refractivity contribution is 5.30. The van der Waals surface area contributed by atoms with Crippen molar-refractivity contribution < 1.29 is 9.47 Å². The standard InChI is InChI=1S/C16H19NO2/c1-2-11-16(13-17,14-8-4-3-5-9-14)19-15-10-6-7-12-18-15/h2-5,8-9,15H,1,6-7,10-12H2. The molecule has 2 rings (SSSR count). The minimum absolute atomic E-state index is 0.298. The van der Waals surface area contributed by atoms with Crippen molar-refractivity contribution in [1.82, 2.24) is 0 Å². The Morgan fingerprint density at radius 2 is 2.21 bits per heavy atom. The molecule has 0 amide bonds. The van der Waals surface area contributed by atoms with Crippen LogP contribution >= 0.6 is 0 Å². The van der Waals surface area contributed by atoms with Gasteiger partial charge in [0.2, 0.25) is 0 Å². The van der Waals surface area contributed by atoms with Crippen molar-refractivity contribution in [1.29, 1.82) is 5.26 Å². The van der Waals surface area contributed by atoms with Gasteiger partial charge in [0.15, 0.2) is 11.9 Å². The van der Waals surface area contributed by atoms with Crippen LogP contribution in [-0.4, -0.2) is 12.9 Å². The average Bonchev–Trinajstić information content (AvgIpc) is 2.49. The van der Waals surface area contributed by atoms with Crippen LogP contribution in [0.4, 0.5) is 0 Å². The third-order valence-corrected chi connectivity index (χ3v) is 3.32. The van der Waals surface area contributed by atoms with Crippen LogP contribution in [0.15, 0.2) is 43.0 Å². The molecule has 0 spiro atoms. The molecule has 1 heterocycles. The molecule has 1 aromatic rings. The first-order valence-corrected chi connectivity index (χ1v) is 6.68. The molecular formula is C16H19NO2. The zero-order chi connectivity index (χ0) is 13.6. The van der Waals surface area contributed by atoms with Crippen molar-refractivity contribution in [2.24, 2.45) is 0 Å². The highest BCUT2D eigenvalue weighted by Crippen LogP contribution is 2.33. The second-order valence-electron chi connectivity index (χ2n) is 4.71. The lowest BCUT2D eigenvalue weighted by Crippen LogP contribution is -2.35. The summed E-state index contributed by atoms with van der Waals surface area (Å²) in [6.45, 7) is 4.44. The van der Waals surface area contributed by atoms with Crippen molar-refractivity contribution in [3.63, 3.8) is 0 Å². The van der Waals surface area contributed by atoms with Crippen LogP contribution in [0.25, 0.3) is 0 Å². The van der Waals surface area contributed by atoms with Gasteiger partial charge in [-0.15, -0.1) is 6.58 Å². The van der Waals surface area contributed by atoms with Crippen molar-refractivity contribution in [2.45, 2.75) is 37.6 Å². The Morgan fingerprint density at radius 1 is 1.42 bits per heavy atom. The molecule has 2 atom stereocenters. The van der Waals surface area contributed by atoms with Crippen LogP contribution in [0.1, 0.15) is 31.2 Å². The van der Waals surface area contributed by atoms with E-state index in [0.29, 0.717) is 13.0 Å². The molecule has 1 saturated heterocycles. The Balaban J connectivity index is 2.23. The van der Waals surface area contributed by atoms with Crippen LogP contribution in [0.3, 0.4) is 0 Å². The van der Waals surface area contributed by atoms with Crippen LogP contribution in [0, 0.1) is 11.3 Å². The molecule has 0 aromatic heterocycles. The maximum atomic E-state index is 9.61. The SMILES string of the molecule is C=CCC(C#N)(OC1CCCCO1)c1ccccc1. The lowest BCUT2D eigenvalue weighted by atomic mass is 9.91. The molecule has 3 heteroatoms. The minimum atomic E-state index is -0.995. The van der Waals surface area contributed by atoms with Crippen molar-refractivity contribution in [2.75, 3.05) is 6.61 Å². The van der Waals surface area contributed by atoms with Gasteiger partial charge in [-0.1, -0.05) is 36.4 Å². The molecule has 0 N–H and O–H groups in total. The maximum absolute atomic E-state index is 9.61. The summed E-state index contributed by atoms with van der Waals surface area (Å²) in [5, 5.41) is 9.61. The van der Waals surface area contributed by atoms with E-state index in [1.807, 2.05) is 30.3 Å². The Labute approximate surface area is 114 Å². The normalized spacial score (nSPS) is 22.2. The van der Waals surface area contributed by atoms with E-state index in [4.69, 9.17) is 9.47 Å². The number of nitriles is 1. The molecule has 100 valence electrons. The average molecular weight is 257 g/mol. The van der Waals surface area contributed by atoms with E-state index < -0.39 is 5.60 Å². The van der Waals surface area contributed by atoms with E-state index in [-0.39, 0.29) is 6.29 Å². The molecule has 1 fully saturated rings. The predicted octanol–water partition coefficient (Wildman–Crippen LogP) is 3.52. The summed E-state index contributed by atoms with van der Waals surface area (Å²) in [6.07, 6.45) is 4.86. The molecule has 0 radical (unpaired) electrons. The third kappa shape index (κ3) is 3.23. The third-order valence-electron chi connectivity index (χ3n) is 3.32. The fourth-order valence-electron chi connectivity index (χ4n) is 2.31. The molecule has 19 heavy (non-hydrogen) atoms. The largest absolute Gasteiger partial charge is 0.353 e. The summed E-state index contributed by atoms with van der Waals surface area (Å²) in [4.78, 5) is 0. The van der Waals surface area contributed by atoms with Gasteiger partial charge in [-0.25, -0.2) is 0 Å². The summed E-state index contributed by atoms with van der Waals surface area (Å²) in [6, 6.07) is 11.9. The Hall–Kier alpha value is -1.63. The second-order valence-corrected chi connectivity index (χ2v) is 4.71. The van der Waals surface area contributed by atoms with Crippen molar-refractivity contribution in [3.8, 4) is 6.07 Å². The number of nitrogens with zero attached hydrogens (tertiary/aromatic N) is 1. The molecule has 2 unspecified atom stereocenters. The Bertz CT molecular complexity index is 446. The summed E-state index contributed by atoms with van der Waals surface area (Å²) < 4.78 is 11.6. The fraction of sp³-hybridized carbons (Fsp3) is 0.438. The summed E-state index contributed by atoms with van der Waals surface area (Å²) in [7, 11) is 0. The lowest BCUT2D eigenvalue weighted by Gasteiger charge is -2.33. The molecule has 1 aromatic carbocycles. The predicted molar refractivity (Wildman–Crippen MR) is 73.2 cm³/mol. The van der Waals surface area contributed by atoms with Gasteiger partial charge in [-0.2, -0.15) is 5.26 Å². The first-order chi connectivity index (χ1) is 9.30. The van der Waals surface area contributed by atoms with Crippen LogP contribution in [-0.2, 0) is 15.1 Å². The zero-order valence-corrected chi connectivity index (χ0v) is 11.0. The number of hydrogen-bond donors (Lipinski definition) is 0. The van der Waals surface area contributed by atoms with E-state index in [1.54, 1.807) is 6.08 Å². The van der Waals surface area contributed by atoms with Crippen LogP contribution in [0.5, 0.6) is 0 Å². The van der Waals surface area contributed by atoms with Crippen molar-refractivity contribution >= 4 is 0 Å². The first kappa shape index (κ1) is 13.8. The summed E-state index contributed by atoms with van der Waals surface area (Å²) >= 11 is 0. The van der Waals surface area contributed by atoms with E-state index in [1.165, 1.54) is 0 Å². The quantitative estimate of drug-likeness (QED) is 0.758. The second kappa shape index (κ2) is 6.51. The number of ether oxygens (including phenoxy) is 2. The van der Waals surface area contributed by atoms with E-state index >= 15 is 0 Å². The lowest BCUT2D eigenvalue weighted by molar-refractivity contribution is -0.211. The molecular weight excluding hydrogens is 238 g/mol. The van der Waals surface area contributed by atoms with Crippen molar-refractivity contribution in [3.05, 3.63) is 48.6 Å². The van der Waals surface area contributed by atoms with E-state index in [0.717, 1.165) is 24.8 Å². The molecule has 0 bridgehead atoms. The number of hydrogen-bond acceptors (Lipinski definition) is 3. The Kier molecular flexibility index (Phi) is 4.73. The highest BCUT2D eigenvalue weighted by Gasteiger charge is 2.35. The van der Waals surface area contributed by atoms with Gasteiger partial charge in [0.05, 0.1) is 0 Å². The maximum Gasteiger partial charge on any atom is 0.186 e. The fourth-order valence-corrected chi connectivity index (χ4v) is 2.31. The Morgan fingerprint density at radius 3 is 2.79 bits per heavy atom.